The van der Waals surface area contributed by atoms with Gasteiger partial charge in [0.1, 0.15) is 0 Å². The van der Waals surface area contributed by atoms with E-state index in [2.05, 4.69) is 31.1 Å². The summed E-state index contributed by atoms with van der Waals surface area (Å²) in [5.41, 5.74) is 0.812. The first-order valence-corrected chi connectivity index (χ1v) is 7.44. The van der Waals surface area contributed by atoms with Crippen LogP contribution in [0.25, 0.3) is 0 Å². The molecule has 1 amide bonds. The number of pyridine rings is 1. The Kier molecular flexibility index (Phi) is 4.76. The van der Waals surface area contributed by atoms with Crippen molar-refractivity contribution in [1.82, 2.24) is 15.2 Å². The number of carbonyl (C=O) groups is 1. The van der Waals surface area contributed by atoms with Gasteiger partial charge >= 0.3 is 0 Å². The van der Waals surface area contributed by atoms with Crippen molar-refractivity contribution in [1.29, 1.82) is 0 Å². The highest BCUT2D eigenvalue weighted by Crippen LogP contribution is 2.29. The number of carbonyl (C=O) groups excluding carboxylic acids is 1. The second kappa shape index (κ2) is 6.35. The first-order valence-electron chi connectivity index (χ1n) is 7.44. The van der Waals surface area contributed by atoms with Crippen molar-refractivity contribution < 1.29 is 4.79 Å². The van der Waals surface area contributed by atoms with Crippen molar-refractivity contribution in [3.05, 3.63) is 30.1 Å². The number of rotatable bonds is 4. The Morgan fingerprint density at radius 1 is 1.55 bits per heavy atom. The molecule has 0 saturated carbocycles. The van der Waals surface area contributed by atoms with Crippen molar-refractivity contribution in [2.75, 3.05) is 13.1 Å². The molecular formula is C16H25N3O. The van der Waals surface area contributed by atoms with Crippen LogP contribution in [0.3, 0.4) is 0 Å². The van der Waals surface area contributed by atoms with Gasteiger partial charge in [-0.3, -0.25) is 9.78 Å². The fourth-order valence-corrected chi connectivity index (χ4v) is 2.76. The maximum atomic E-state index is 12.9. The van der Waals surface area contributed by atoms with Gasteiger partial charge in [0.15, 0.2) is 0 Å². The predicted molar refractivity (Wildman–Crippen MR) is 80.1 cm³/mol. The minimum atomic E-state index is -0.273. The second-order valence-corrected chi connectivity index (χ2v) is 6.23. The fraction of sp³-hybridized carbons (Fsp3) is 0.625. The third-order valence-electron chi connectivity index (χ3n) is 4.07. The highest BCUT2D eigenvalue weighted by molar-refractivity contribution is 5.83. The minimum Gasteiger partial charge on any atom is -0.335 e. The van der Waals surface area contributed by atoms with E-state index in [0.717, 1.165) is 31.5 Å². The average molecular weight is 275 g/mol. The molecule has 110 valence electrons. The lowest BCUT2D eigenvalue weighted by atomic mass is 9.81. The van der Waals surface area contributed by atoms with Crippen LogP contribution in [0.5, 0.6) is 0 Å². The molecule has 0 aromatic carbocycles. The lowest BCUT2D eigenvalue weighted by Gasteiger charge is -2.39. The smallest absolute Gasteiger partial charge is 0.230 e. The van der Waals surface area contributed by atoms with Crippen LogP contribution in [0, 0.1) is 5.41 Å². The molecule has 1 unspecified atom stereocenters. The summed E-state index contributed by atoms with van der Waals surface area (Å²) in [4.78, 5) is 19.0. The number of amides is 1. The van der Waals surface area contributed by atoms with Gasteiger partial charge in [0.25, 0.3) is 0 Å². The van der Waals surface area contributed by atoms with E-state index in [4.69, 9.17) is 0 Å². The van der Waals surface area contributed by atoms with Crippen LogP contribution in [-0.2, 0) is 11.3 Å². The molecule has 1 aliphatic heterocycles. The molecule has 1 saturated heterocycles. The van der Waals surface area contributed by atoms with E-state index >= 15 is 0 Å². The molecule has 4 heteroatoms. The molecule has 0 aliphatic carbocycles. The van der Waals surface area contributed by atoms with Gasteiger partial charge in [-0.25, -0.2) is 0 Å². The predicted octanol–water partition coefficient (Wildman–Crippen LogP) is 2.21. The molecule has 0 spiro atoms. The number of hydrogen-bond donors (Lipinski definition) is 1. The van der Waals surface area contributed by atoms with Gasteiger partial charge in [0.05, 0.1) is 5.41 Å². The number of nitrogens with zero attached hydrogens (tertiary/aromatic N) is 2. The van der Waals surface area contributed by atoms with E-state index in [-0.39, 0.29) is 17.4 Å². The van der Waals surface area contributed by atoms with Gasteiger partial charge in [-0.05, 0) is 51.8 Å². The molecule has 1 aromatic rings. The van der Waals surface area contributed by atoms with Gasteiger partial charge in [-0.15, -0.1) is 0 Å². The fourth-order valence-electron chi connectivity index (χ4n) is 2.76. The third kappa shape index (κ3) is 3.37. The summed E-state index contributed by atoms with van der Waals surface area (Å²) < 4.78 is 0. The Labute approximate surface area is 121 Å². The topological polar surface area (TPSA) is 45.2 Å². The summed E-state index contributed by atoms with van der Waals surface area (Å²) in [7, 11) is 0. The summed E-state index contributed by atoms with van der Waals surface area (Å²) in [6.07, 6.45) is 5.64. The van der Waals surface area contributed by atoms with Gasteiger partial charge in [0.2, 0.25) is 5.91 Å². The quantitative estimate of drug-likeness (QED) is 0.916. The number of hydrogen-bond acceptors (Lipinski definition) is 3. The first kappa shape index (κ1) is 15.0. The molecule has 1 aliphatic rings. The van der Waals surface area contributed by atoms with Crippen LogP contribution in [0.1, 0.15) is 39.2 Å². The Morgan fingerprint density at radius 2 is 2.35 bits per heavy atom. The Morgan fingerprint density at radius 3 is 2.90 bits per heavy atom. The number of piperidine rings is 1. The monoisotopic (exact) mass is 275 g/mol. The van der Waals surface area contributed by atoms with Crippen LogP contribution in [0.4, 0.5) is 0 Å². The molecule has 1 aromatic heterocycles. The molecule has 0 radical (unpaired) electrons. The minimum absolute atomic E-state index is 0.196. The molecule has 0 bridgehead atoms. The molecule has 4 nitrogen and oxygen atoms in total. The first-order chi connectivity index (χ1) is 9.53. The highest BCUT2D eigenvalue weighted by atomic mass is 16.2. The maximum Gasteiger partial charge on any atom is 0.230 e. The van der Waals surface area contributed by atoms with Crippen molar-refractivity contribution >= 4 is 5.91 Å². The molecule has 1 fully saturated rings. The SMILES string of the molecule is CC(C)N(Cc1cccnc1)C(=O)C1(C)CCCNC1. The van der Waals surface area contributed by atoms with Crippen LogP contribution in [0.15, 0.2) is 24.5 Å². The van der Waals surface area contributed by atoms with Crippen molar-refractivity contribution in [3.8, 4) is 0 Å². The molecule has 20 heavy (non-hydrogen) atoms. The van der Waals surface area contributed by atoms with Crippen LogP contribution in [0.2, 0.25) is 0 Å². The van der Waals surface area contributed by atoms with E-state index in [1.54, 1.807) is 6.20 Å². The van der Waals surface area contributed by atoms with E-state index < -0.39 is 0 Å². The largest absolute Gasteiger partial charge is 0.335 e. The van der Waals surface area contributed by atoms with Crippen molar-refractivity contribution in [3.63, 3.8) is 0 Å². The zero-order chi connectivity index (χ0) is 14.6. The van der Waals surface area contributed by atoms with Gasteiger partial charge in [-0.2, -0.15) is 0 Å². The summed E-state index contributed by atoms with van der Waals surface area (Å²) >= 11 is 0. The standard InChI is InChI=1S/C16H25N3O/c1-13(2)19(11-14-6-4-8-17-10-14)15(20)16(3)7-5-9-18-12-16/h4,6,8,10,13,18H,5,7,9,11-12H2,1-3H3. The summed E-state index contributed by atoms with van der Waals surface area (Å²) in [6.45, 7) is 8.68. The maximum absolute atomic E-state index is 12.9. The highest BCUT2D eigenvalue weighted by Gasteiger charge is 2.38. The van der Waals surface area contributed by atoms with E-state index in [0.29, 0.717) is 6.54 Å². The zero-order valence-corrected chi connectivity index (χ0v) is 12.7. The molecule has 1 atom stereocenters. The van der Waals surface area contributed by atoms with Crippen molar-refractivity contribution in [2.45, 2.75) is 46.2 Å². The van der Waals surface area contributed by atoms with Gasteiger partial charge in [-0.1, -0.05) is 6.07 Å². The average Bonchev–Trinajstić information content (AvgIpc) is 2.45. The van der Waals surface area contributed by atoms with Crippen LogP contribution in [-0.4, -0.2) is 34.9 Å². The summed E-state index contributed by atoms with van der Waals surface area (Å²) in [5.74, 6) is 0.253. The van der Waals surface area contributed by atoms with Gasteiger partial charge < -0.3 is 10.2 Å². The Bertz CT molecular complexity index is 438. The summed E-state index contributed by atoms with van der Waals surface area (Å²) in [6, 6.07) is 4.14. The molecule has 2 rings (SSSR count). The second-order valence-electron chi connectivity index (χ2n) is 6.23. The molecule has 2 heterocycles. The van der Waals surface area contributed by atoms with Crippen LogP contribution < -0.4 is 5.32 Å². The van der Waals surface area contributed by atoms with E-state index in [9.17, 15) is 4.79 Å². The van der Waals surface area contributed by atoms with Crippen LogP contribution >= 0.6 is 0 Å². The van der Waals surface area contributed by atoms with E-state index in [1.807, 2.05) is 23.2 Å². The number of aromatic nitrogens is 1. The molecule has 1 N–H and O–H groups in total. The normalized spacial score (nSPS) is 22.8. The molecular weight excluding hydrogens is 250 g/mol. The lowest BCUT2D eigenvalue weighted by molar-refractivity contribution is -0.144. The number of nitrogens with one attached hydrogen (secondary N) is 1. The van der Waals surface area contributed by atoms with Gasteiger partial charge in [0, 0.05) is 31.5 Å². The zero-order valence-electron chi connectivity index (χ0n) is 12.7. The summed E-state index contributed by atoms with van der Waals surface area (Å²) in [5, 5.41) is 3.35. The lowest BCUT2D eigenvalue weighted by Crippen LogP contribution is -2.51. The Hall–Kier alpha value is -1.42. The van der Waals surface area contributed by atoms with E-state index in [1.165, 1.54) is 0 Å². The Balaban J connectivity index is 2.13. The third-order valence-corrected chi connectivity index (χ3v) is 4.07. The van der Waals surface area contributed by atoms with Crippen molar-refractivity contribution in [2.24, 2.45) is 5.41 Å².